The number of thiazole rings is 1. The number of esters is 1. The monoisotopic (exact) mass is 535 g/mol. The number of carbonyl (C=O) groups is 1. The normalized spacial score (nSPS) is 16.8. The Morgan fingerprint density at radius 1 is 1.38 bits per heavy atom. The van der Waals surface area contributed by atoms with E-state index in [1.54, 1.807) is 29.3 Å². The number of hydrogen-bond acceptors (Lipinski definition) is 7. The van der Waals surface area contributed by atoms with Gasteiger partial charge in [0.05, 0.1) is 22.2 Å². The van der Waals surface area contributed by atoms with Gasteiger partial charge in [-0.3, -0.25) is 4.90 Å². The molecule has 1 saturated carbocycles. The Labute approximate surface area is 204 Å². The van der Waals surface area contributed by atoms with Gasteiger partial charge in [0.2, 0.25) is 0 Å². The second-order valence-electron chi connectivity index (χ2n) is 8.29. The first-order valence-electron chi connectivity index (χ1n) is 11.1. The van der Waals surface area contributed by atoms with Gasteiger partial charge in [0, 0.05) is 46.6 Å². The lowest BCUT2D eigenvalue weighted by atomic mass is 10.0. The van der Waals surface area contributed by atoms with E-state index in [4.69, 9.17) is 4.74 Å². The van der Waals surface area contributed by atoms with Crippen molar-refractivity contribution in [3.05, 3.63) is 38.9 Å². The molecule has 2 aromatic heterocycles. The molecule has 1 N–H and O–H groups in total. The lowest BCUT2D eigenvalue weighted by Crippen LogP contribution is -2.19. The number of phenolic OH excluding ortho intramolecular Hbond substituents is 1. The number of halogens is 1. The summed E-state index contributed by atoms with van der Waals surface area (Å²) in [7, 11) is 0. The number of phenols is 1. The van der Waals surface area contributed by atoms with Crippen LogP contribution < -0.4 is 0 Å². The highest BCUT2D eigenvalue weighted by Crippen LogP contribution is 2.47. The van der Waals surface area contributed by atoms with E-state index >= 15 is 0 Å². The molecular formula is C23H26BrN3O3S2. The fourth-order valence-corrected chi connectivity index (χ4v) is 6.71. The Kier molecular flexibility index (Phi) is 6.51. The zero-order chi connectivity index (χ0) is 22.2. The average Bonchev–Trinajstić information content (AvgIpc) is 3.17. The first-order chi connectivity index (χ1) is 15.6. The van der Waals surface area contributed by atoms with Gasteiger partial charge in [0.1, 0.15) is 10.1 Å². The number of rotatable bonds is 8. The molecule has 1 aliphatic carbocycles. The van der Waals surface area contributed by atoms with Gasteiger partial charge < -0.3 is 14.4 Å². The van der Waals surface area contributed by atoms with Crippen LogP contribution in [0, 0.1) is 0 Å². The summed E-state index contributed by atoms with van der Waals surface area (Å²) in [6.07, 6.45) is 6.34. The van der Waals surface area contributed by atoms with Crippen LogP contribution in [0.5, 0.6) is 5.75 Å². The van der Waals surface area contributed by atoms with Crippen molar-refractivity contribution in [1.29, 1.82) is 0 Å². The Morgan fingerprint density at radius 3 is 2.81 bits per heavy atom. The summed E-state index contributed by atoms with van der Waals surface area (Å²) in [5, 5.41) is 13.9. The van der Waals surface area contributed by atoms with Gasteiger partial charge in [-0.05, 0) is 67.7 Å². The van der Waals surface area contributed by atoms with Gasteiger partial charge in [-0.25, -0.2) is 9.78 Å². The lowest BCUT2D eigenvalue weighted by molar-refractivity contribution is 0.0527. The molecule has 0 radical (unpaired) electrons. The maximum atomic E-state index is 13.3. The van der Waals surface area contributed by atoms with Crippen molar-refractivity contribution in [2.24, 2.45) is 0 Å². The highest BCUT2D eigenvalue weighted by Gasteiger charge is 2.35. The minimum Gasteiger partial charge on any atom is -0.506 e. The van der Waals surface area contributed by atoms with E-state index in [1.165, 1.54) is 12.8 Å². The molecule has 1 saturated heterocycles. The molecule has 0 unspecified atom stereocenters. The van der Waals surface area contributed by atoms with E-state index in [1.807, 2.05) is 18.4 Å². The molecule has 170 valence electrons. The molecule has 0 atom stereocenters. The smallest absolute Gasteiger partial charge is 0.340 e. The summed E-state index contributed by atoms with van der Waals surface area (Å²) >= 11 is 6.83. The zero-order valence-corrected chi connectivity index (χ0v) is 21.2. The standard InChI is InChI=1S/C23H26BrN3O3S2/c1-2-30-22(29)20-18(13-32-23-25-7-10-31-23)27(14-5-6-14)17-11-16(24)21(28)15(19(17)20)12-26-8-3-4-9-26/h7,10-11,14,28H,2-6,8-9,12-13H2,1H3. The second-order valence-corrected chi connectivity index (χ2v) is 11.3. The van der Waals surface area contributed by atoms with Gasteiger partial charge in [0.25, 0.3) is 0 Å². The predicted molar refractivity (Wildman–Crippen MR) is 132 cm³/mol. The lowest BCUT2D eigenvalue weighted by Gasteiger charge is -2.18. The first-order valence-corrected chi connectivity index (χ1v) is 13.7. The Bertz CT molecular complexity index is 1140. The summed E-state index contributed by atoms with van der Waals surface area (Å²) in [6.45, 7) is 4.80. The average molecular weight is 537 g/mol. The molecule has 32 heavy (non-hydrogen) atoms. The third-order valence-corrected chi connectivity index (χ3v) is 8.72. The van der Waals surface area contributed by atoms with E-state index in [0.29, 0.717) is 35.0 Å². The van der Waals surface area contributed by atoms with Crippen LogP contribution in [0.1, 0.15) is 60.3 Å². The van der Waals surface area contributed by atoms with Crippen molar-refractivity contribution in [2.45, 2.75) is 55.3 Å². The largest absolute Gasteiger partial charge is 0.506 e. The highest BCUT2D eigenvalue weighted by molar-refractivity contribution is 9.10. The minimum atomic E-state index is -0.309. The minimum absolute atomic E-state index is 0.224. The van der Waals surface area contributed by atoms with Gasteiger partial charge >= 0.3 is 5.97 Å². The van der Waals surface area contributed by atoms with Gasteiger partial charge in [-0.2, -0.15) is 0 Å². The SMILES string of the molecule is CCOC(=O)c1c(CSc2nccs2)n(C2CC2)c2cc(Br)c(O)c(CN3CCCC3)c12. The number of thioether (sulfide) groups is 1. The molecule has 3 aromatic rings. The molecule has 6 nitrogen and oxygen atoms in total. The van der Waals surface area contributed by atoms with Gasteiger partial charge in [-0.15, -0.1) is 11.3 Å². The third-order valence-electron chi connectivity index (χ3n) is 6.14. The van der Waals surface area contributed by atoms with Crippen LogP contribution in [-0.2, 0) is 17.0 Å². The van der Waals surface area contributed by atoms with E-state index in [2.05, 4.69) is 30.4 Å². The number of ether oxygens (including phenoxy) is 1. The molecule has 9 heteroatoms. The van der Waals surface area contributed by atoms with E-state index in [0.717, 1.165) is 52.4 Å². The Balaban J connectivity index is 1.71. The number of hydrogen-bond donors (Lipinski definition) is 1. The van der Waals surface area contributed by atoms with Crippen molar-refractivity contribution in [3.8, 4) is 5.75 Å². The number of nitrogens with zero attached hydrogens (tertiary/aromatic N) is 3. The summed E-state index contributed by atoms with van der Waals surface area (Å²) in [6, 6.07) is 2.35. The van der Waals surface area contributed by atoms with Crippen molar-refractivity contribution >= 4 is 55.9 Å². The Hall–Kier alpha value is -1.55. The summed E-state index contributed by atoms with van der Waals surface area (Å²) in [5.41, 5.74) is 3.40. The van der Waals surface area contributed by atoms with Crippen LogP contribution in [0.3, 0.4) is 0 Å². The molecule has 1 aliphatic heterocycles. The molecule has 5 rings (SSSR count). The van der Waals surface area contributed by atoms with Gasteiger partial charge in [-0.1, -0.05) is 11.8 Å². The maximum absolute atomic E-state index is 13.3. The fourth-order valence-electron chi connectivity index (χ4n) is 4.60. The number of aromatic hydroxyl groups is 1. The number of fused-ring (bicyclic) bond motifs is 1. The first kappa shape index (κ1) is 22.3. The van der Waals surface area contributed by atoms with Gasteiger partial charge in [0.15, 0.2) is 0 Å². The Morgan fingerprint density at radius 2 is 2.16 bits per heavy atom. The quantitative estimate of drug-likeness (QED) is 0.283. The van der Waals surface area contributed by atoms with Crippen LogP contribution in [0.15, 0.2) is 26.5 Å². The molecule has 0 amide bonds. The van der Waals surface area contributed by atoms with E-state index in [-0.39, 0.29) is 11.7 Å². The molecule has 3 heterocycles. The van der Waals surface area contributed by atoms with Crippen LogP contribution in [0.4, 0.5) is 0 Å². The maximum Gasteiger partial charge on any atom is 0.340 e. The molecule has 2 aliphatic rings. The van der Waals surface area contributed by atoms with Crippen molar-refractivity contribution in [3.63, 3.8) is 0 Å². The van der Waals surface area contributed by atoms with Crippen molar-refractivity contribution in [2.75, 3.05) is 19.7 Å². The van der Waals surface area contributed by atoms with Crippen LogP contribution in [-0.4, -0.2) is 45.2 Å². The summed E-state index contributed by atoms with van der Waals surface area (Å²) in [5.74, 6) is 0.548. The molecule has 2 fully saturated rings. The summed E-state index contributed by atoms with van der Waals surface area (Å²) < 4.78 is 9.51. The second kappa shape index (κ2) is 9.37. The van der Waals surface area contributed by atoms with E-state index in [9.17, 15) is 9.90 Å². The fraction of sp³-hybridized carbons (Fsp3) is 0.478. The number of benzene rings is 1. The zero-order valence-electron chi connectivity index (χ0n) is 18.0. The van der Waals surface area contributed by atoms with Crippen LogP contribution in [0.25, 0.3) is 10.9 Å². The molecular weight excluding hydrogens is 510 g/mol. The number of carbonyl (C=O) groups excluding carboxylic acids is 1. The topological polar surface area (TPSA) is 67.6 Å². The summed E-state index contributed by atoms with van der Waals surface area (Å²) in [4.78, 5) is 20.1. The van der Waals surface area contributed by atoms with Crippen molar-refractivity contribution in [1.82, 2.24) is 14.5 Å². The van der Waals surface area contributed by atoms with Crippen LogP contribution >= 0.6 is 39.0 Å². The number of likely N-dealkylation sites (tertiary alicyclic amines) is 1. The molecule has 1 aromatic carbocycles. The van der Waals surface area contributed by atoms with Crippen molar-refractivity contribution < 1.29 is 14.6 Å². The predicted octanol–water partition coefficient (Wildman–Crippen LogP) is 5.97. The molecule has 0 spiro atoms. The highest BCUT2D eigenvalue weighted by atomic mass is 79.9. The number of aromatic nitrogens is 2. The van der Waals surface area contributed by atoms with E-state index < -0.39 is 0 Å². The molecule has 0 bridgehead atoms. The van der Waals surface area contributed by atoms with Crippen LogP contribution in [0.2, 0.25) is 0 Å². The third kappa shape index (κ3) is 4.20.